The van der Waals surface area contributed by atoms with Crippen molar-refractivity contribution < 1.29 is 14.5 Å². The highest BCUT2D eigenvalue weighted by atomic mass is 79.9. The van der Waals surface area contributed by atoms with Crippen molar-refractivity contribution >= 4 is 33.2 Å². The number of aromatic amines is 1. The molecule has 0 aliphatic carbocycles. The molecule has 0 saturated carbocycles. The minimum absolute atomic E-state index is 0.0614. The summed E-state index contributed by atoms with van der Waals surface area (Å²) >= 11 is 3.23. The van der Waals surface area contributed by atoms with Gasteiger partial charge in [-0.2, -0.15) is 10.2 Å². The lowest BCUT2D eigenvalue weighted by Gasteiger charge is -1.98. The summed E-state index contributed by atoms with van der Waals surface area (Å²) in [6, 6.07) is 0. The van der Waals surface area contributed by atoms with Crippen LogP contribution in [0.5, 0.6) is 0 Å². The Morgan fingerprint density at radius 3 is 2.95 bits per heavy atom. The van der Waals surface area contributed by atoms with E-state index in [4.69, 9.17) is 0 Å². The molecule has 0 aliphatic heterocycles. The van der Waals surface area contributed by atoms with Crippen molar-refractivity contribution in [1.29, 1.82) is 0 Å². The summed E-state index contributed by atoms with van der Waals surface area (Å²) in [7, 11) is 1.24. The van der Waals surface area contributed by atoms with Gasteiger partial charge in [0.15, 0.2) is 11.3 Å². The third-order valence-corrected chi connectivity index (χ3v) is 3.63. The lowest BCUT2D eigenvalue weighted by atomic mass is 10.2. The van der Waals surface area contributed by atoms with E-state index in [0.29, 0.717) is 15.7 Å². The number of carbonyl (C=O) groups excluding carboxylic acids is 1. The zero-order valence-electron chi connectivity index (χ0n) is 11.0. The number of carbonyl (C=O) groups is 1. The Balaban J connectivity index is 2.16. The van der Waals surface area contributed by atoms with E-state index in [0.717, 1.165) is 6.20 Å². The van der Waals surface area contributed by atoms with Crippen LogP contribution in [-0.4, -0.2) is 42.8 Å². The molecule has 0 radical (unpaired) electrons. The Morgan fingerprint density at radius 2 is 2.27 bits per heavy atom. The van der Waals surface area contributed by atoms with Crippen LogP contribution in [0.2, 0.25) is 0 Å². The number of nitrogens with one attached hydrogen (secondary N) is 1. The number of fused-ring (bicyclic) bond motifs is 1. The number of ether oxygens (including phenoxy) is 1. The molecule has 0 spiro atoms. The molecule has 10 nitrogen and oxygen atoms in total. The van der Waals surface area contributed by atoms with E-state index >= 15 is 0 Å². The van der Waals surface area contributed by atoms with Crippen LogP contribution in [0.1, 0.15) is 10.5 Å². The minimum atomic E-state index is -0.619. The Bertz CT molecular complexity index is 901. The molecule has 0 bridgehead atoms. The molecule has 0 atom stereocenters. The maximum Gasteiger partial charge on any atom is 0.359 e. The number of halogens is 1. The number of nitro groups is 1. The fraction of sp³-hybridized carbons (Fsp3) is 0.0909. The lowest BCUT2D eigenvalue weighted by molar-refractivity contribution is -0.384. The van der Waals surface area contributed by atoms with Gasteiger partial charge in [0.1, 0.15) is 11.9 Å². The van der Waals surface area contributed by atoms with Crippen molar-refractivity contribution in [1.82, 2.24) is 24.8 Å². The zero-order chi connectivity index (χ0) is 15.9. The highest BCUT2D eigenvalue weighted by Gasteiger charge is 2.22. The van der Waals surface area contributed by atoms with Gasteiger partial charge in [0, 0.05) is 18.0 Å². The molecule has 11 heteroatoms. The normalized spacial score (nSPS) is 10.8. The van der Waals surface area contributed by atoms with E-state index in [1.54, 1.807) is 0 Å². The second kappa shape index (κ2) is 5.18. The number of hydrogen-bond acceptors (Lipinski definition) is 7. The molecule has 3 aromatic rings. The van der Waals surface area contributed by atoms with Crippen molar-refractivity contribution in [3.63, 3.8) is 0 Å². The van der Waals surface area contributed by atoms with E-state index in [1.807, 2.05) is 0 Å². The van der Waals surface area contributed by atoms with Gasteiger partial charge >= 0.3 is 11.7 Å². The standard InChI is InChI=1S/C11H7BrN6O4/c1-22-11(19)9-7(12)10-13-2-5(4-17(10)16-9)8-6(18(20)21)3-14-15-8/h2-4H,1H3,(H,14,15). The first kappa shape index (κ1) is 14.1. The first-order valence-corrected chi connectivity index (χ1v) is 6.62. The quantitative estimate of drug-likeness (QED) is 0.423. The second-order valence-corrected chi connectivity index (χ2v) is 4.95. The van der Waals surface area contributed by atoms with E-state index in [-0.39, 0.29) is 17.1 Å². The van der Waals surface area contributed by atoms with Crippen molar-refractivity contribution in [2.75, 3.05) is 7.11 Å². The van der Waals surface area contributed by atoms with Gasteiger partial charge in [-0.15, -0.1) is 0 Å². The molecule has 0 fully saturated rings. The largest absolute Gasteiger partial charge is 0.464 e. The van der Waals surface area contributed by atoms with Crippen LogP contribution in [0.4, 0.5) is 5.69 Å². The summed E-state index contributed by atoms with van der Waals surface area (Å²) in [5.41, 5.74) is 0.867. The van der Waals surface area contributed by atoms with Crippen LogP contribution in [0.3, 0.4) is 0 Å². The van der Waals surface area contributed by atoms with E-state index < -0.39 is 10.9 Å². The van der Waals surface area contributed by atoms with Crippen LogP contribution >= 0.6 is 15.9 Å². The Hall–Kier alpha value is -2.82. The first-order chi connectivity index (χ1) is 10.5. The Labute approximate surface area is 130 Å². The summed E-state index contributed by atoms with van der Waals surface area (Å²) in [4.78, 5) is 26.1. The third-order valence-electron chi connectivity index (χ3n) is 2.90. The van der Waals surface area contributed by atoms with Gasteiger partial charge in [0.2, 0.25) is 0 Å². The van der Waals surface area contributed by atoms with Gasteiger partial charge in [-0.05, 0) is 15.9 Å². The SMILES string of the molecule is COC(=O)c1nn2cc(-c3[nH]ncc3[N+](=O)[O-])cnc2c1Br. The molecule has 0 aromatic carbocycles. The maximum atomic E-state index is 11.6. The molecule has 3 aromatic heterocycles. The summed E-state index contributed by atoms with van der Waals surface area (Å²) in [5.74, 6) is -0.619. The van der Waals surface area contributed by atoms with Crippen LogP contribution < -0.4 is 0 Å². The molecule has 112 valence electrons. The van der Waals surface area contributed by atoms with E-state index in [9.17, 15) is 14.9 Å². The zero-order valence-corrected chi connectivity index (χ0v) is 12.6. The number of nitrogens with zero attached hydrogens (tertiary/aromatic N) is 5. The van der Waals surface area contributed by atoms with E-state index in [1.165, 1.54) is 24.0 Å². The second-order valence-electron chi connectivity index (χ2n) is 4.15. The van der Waals surface area contributed by atoms with Crippen LogP contribution in [0, 0.1) is 10.1 Å². The molecule has 0 saturated heterocycles. The number of rotatable bonds is 3. The third kappa shape index (κ3) is 2.11. The molecule has 3 rings (SSSR count). The number of H-pyrrole nitrogens is 1. The highest BCUT2D eigenvalue weighted by molar-refractivity contribution is 9.10. The van der Waals surface area contributed by atoms with Gasteiger partial charge in [-0.3, -0.25) is 15.2 Å². The Morgan fingerprint density at radius 1 is 1.50 bits per heavy atom. The molecule has 22 heavy (non-hydrogen) atoms. The van der Waals surface area contributed by atoms with Crippen LogP contribution in [0.25, 0.3) is 16.9 Å². The van der Waals surface area contributed by atoms with Crippen LogP contribution in [0.15, 0.2) is 23.1 Å². The molecule has 1 N–H and O–H groups in total. The predicted molar refractivity (Wildman–Crippen MR) is 76.3 cm³/mol. The van der Waals surface area contributed by atoms with Crippen LogP contribution in [-0.2, 0) is 4.74 Å². The molecular weight excluding hydrogens is 360 g/mol. The molecule has 0 amide bonds. The van der Waals surface area contributed by atoms with Crippen molar-refractivity contribution in [2.24, 2.45) is 0 Å². The Kier molecular flexibility index (Phi) is 3.33. The first-order valence-electron chi connectivity index (χ1n) is 5.83. The molecular formula is C11H7BrN6O4. The van der Waals surface area contributed by atoms with Crippen molar-refractivity contribution in [2.45, 2.75) is 0 Å². The van der Waals surface area contributed by atoms with Crippen molar-refractivity contribution in [3.8, 4) is 11.3 Å². The number of hydrogen-bond donors (Lipinski definition) is 1. The van der Waals surface area contributed by atoms with Gasteiger partial charge < -0.3 is 4.74 Å². The maximum absolute atomic E-state index is 11.6. The van der Waals surface area contributed by atoms with Gasteiger partial charge in [-0.1, -0.05) is 0 Å². The summed E-state index contributed by atoms with van der Waals surface area (Å²) in [6.45, 7) is 0. The fourth-order valence-electron chi connectivity index (χ4n) is 1.89. The summed E-state index contributed by atoms with van der Waals surface area (Å²) in [6.07, 6.45) is 4.03. The number of methoxy groups -OCH3 is 1. The number of esters is 1. The van der Waals surface area contributed by atoms with E-state index in [2.05, 4.69) is 40.9 Å². The summed E-state index contributed by atoms with van der Waals surface area (Å²) in [5, 5.41) is 21.2. The highest BCUT2D eigenvalue weighted by Crippen LogP contribution is 2.28. The minimum Gasteiger partial charge on any atom is -0.464 e. The lowest BCUT2D eigenvalue weighted by Crippen LogP contribution is -2.03. The van der Waals surface area contributed by atoms with Gasteiger partial charge in [0.05, 0.1) is 16.5 Å². The molecule has 0 aliphatic rings. The smallest absolute Gasteiger partial charge is 0.359 e. The average Bonchev–Trinajstić information content (AvgIpc) is 3.11. The average molecular weight is 367 g/mol. The van der Waals surface area contributed by atoms with Gasteiger partial charge in [-0.25, -0.2) is 14.3 Å². The number of aromatic nitrogens is 5. The molecule has 3 heterocycles. The monoisotopic (exact) mass is 366 g/mol. The summed E-state index contributed by atoms with van der Waals surface area (Å²) < 4.78 is 6.33. The topological polar surface area (TPSA) is 128 Å². The fourth-order valence-corrected chi connectivity index (χ4v) is 2.42. The van der Waals surface area contributed by atoms with Gasteiger partial charge in [0.25, 0.3) is 0 Å². The molecule has 0 unspecified atom stereocenters. The van der Waals surface area contributed by atoms with Crippen molar-refractivity contribution in [3.05, 3.63) is 38.9 Å². The predicted octanol–water partition coefficient (Wildman–Crippen LogP) is 1.58.